The fraction of sp³-hybridized carbons (Fsp3) is 0.455. The highest BCUT2D eigenvalue weighted by atomic mass is 79.9. The standard InChI is InChI=1S/C11H13BrN6O/c1-3-4-5-17-8-7(14-10(12)15-8)9-13-6(2)16-18(9)11(17)19/h3-5H2,1-2H3,(H,14,15)/p+1. The minimum Gasteiger partial charge on any atom is -0.258 e. The van der Waals surface area contributed by atoms with Gasteiger partial charge in [0.25, 0.3) is 10.4 Å². The van der Waals surface area contributed by atoms with E-state index in [1.54, 1.807) is 11.5 Å². The Morgan fingerprint density at radius 1 is 1.47 bits per heavy atom. The molecule has 0 unspecified atom stereocenters. The summed E-state index contributed by atoms with van der Waals surface area (Å²) in [7, 11) is 0. The van der Waals surface area contributed by atoms with Crippen LogP contribution in [-0.2, 0) is 6.54 Å². The number of aromatic nitrogens is 6. The maximum Gasteiger partial charge on any atom is 0.409 e. The fourth-order valence-electron chi connectivity index (χ4n) is 2.17. The summed E-state index contributed by atoms with van der Waals surface area (Å²) in [6.07, 6.45) is 1.96. The van der Waals surface area contributed by atoms with Crippen LogP contribution in [0.15, 0.2) is 9.53 Å². The van der Waals surface area contributed by atoms with E-state index in [1.165, 1.54) is 4.52 Å². The molecule has 0 bridgehead atoms. The van der Waals surface area contributed by atoms with Crippen LogP contribution in [0, 0.1) is 6.92 Å². The first-order valence-electron chi connectivity index (χ1n) is 6.18. The number of rotatable bonds is 3. The molecule has 0 amide bonds. The van der Waals surface area contributed by atoms with E-state index in [-0.39, 0.29) is 5.69 Å². The minimum absolute atomic E-state index is 0.167. The molecular weight excluding hydrogens is 312 g/mol. The molecule has 7 nitrogen and oxygen atoms in total. The number of imidazole rings is 1. The maximum atomic E-state index is 12.4. The molecule has 100 valence electrons. The van der Waals surface area contributed by atoms with Gasteiger partial charge in [-0.25, -0.2) is 19.3 Å². The van der Waals surface area contributed by atoms with Crippen molar-refractivity contribution in [3.8, 4) is 0 Å². The number of nitrogens with one attached hydrogen (secondary N) is 2. The Kier molecular flexibility index (Phi) is 2.89. The van der Waals surface area contributed by atoms with Gasteiger partial charge in [0.2, 0.25) is 11.2 Å². The Hall–Kier alpha value is -1.70. The van der Waals surface area contributed by atoms with Crippen LogP contribution in [0.2, 0.25) is 0 Å². The van der Waals surface area contributed by atoms with Gasteiger partial charge in [-0.3, -0.25) is 4.98 Å². The average Bonchev–Trinajstić information content (AvgIpc) is 2.92. The second-order valence-electron chi connectivity index (χ2n) is 4.47. The van der Waals surface area contributed by atoms with Crippen molar-refractivity contribution >= 4 is 32.7 Å². The van der Waals surface area contributed by atoms with Crippen LogP contribution >= 0.6 is 15.9 Å². The summed E-state index contributed by atoms with van der Waals surface area (Å²) >= 11 is 3.36. The smallest absolute Gasteiger partial charge is 0.258 e. The molecular formula is C11H14BrN6O+. The van der Waals surface area contributed by atoms with Gasteiger partial charge >= 0.3 is 5.69 Å². The highest BCUT2D eigenvalue weighted by Crippen LogP contribution is 2.14. The Bertz CT molecular complexity index is 814. The molecule has 3 aromatic rings. The van der Waals surface area contributed by atoms with Gasteiger partial charge in [-0.15, -0.1) is 9.61 Å². The number of aryl methyl sites for hydroxylation is 2. The lowest BCUT2D eigenvalue weighted by Gasteiger charge is -2.00. The first-order chi connectivity index (χ1) is 9.11. The van der Waals surface area contributed by atoms with Crippen molar-refractivity contribution in [2.45, 2.75) is 33.2 Å². The van der Waals surface area contributed by atoms with Gasteiger partial charge in [-0.2, -0.15) is 0 Å². The van der Waals surface area contributed by atoms with Crippen LogP contribution in [0.3, 0.4) is 0 Å². The lowest BCUT2D eigenvalue weighted by molar-refractivity contribution is -0.364. The number of hydrogen-bond acceptors (Lipinski definition) is 3. The SMILES string of the molecule is CCCCn1c(=O)n2nc(C)nc2c2[nH]c(Br)[nH+]c21. The van der Waals surface area contributed by atoms with E-state index in [0.29, 0.717) is 22.8 Å². The third-order valence-corrected chi connectivity index (χ3v) is 3.45. The van der Waals surface area contributed by atoms with Gasteiger partial charge in [0, 0.05) is 15.9 Å². The minimum atomic E-state index is -0.167. The van der Waals surface area contributed by atoms with Gasteiger partial charge in [-0.1, -0.05) is 13.3 Å². The van der Waals surface area contributed by atoms with Crippen LogP contribution < -0.4 is 10.7 Å². The van der Waals surface area contributed by atoms with Crippen LogP contribution in [-0.4, -0.2) is 24.1 Å². The van der Waals surface area contributed by atoms with Gasteiger partial charge in [0.1, 0.15) is 5.82 Å². The number of aromatic amines is 2. The van der Waals surface area contributed by atoms with Crippen molar-refractivity contribution in [2.24, 2.45) is 0 Å². The summed E-state index contributed by atoms with van der Waals surface area (Å²) in [5.41, 5.74) is 1.90. The van der Waals surface area contributed by atoms with E-state index in [9.17, 15) is 4.79 Å². The summed E-state index contributed by atoms with van der Waals surface area (Å²) < 4.78 is 3.76. The summed E-state index contributed by atoms with van der Waals surface area (Å²) in [6, 6.07) is 0. The van der Waals surface area contributed by atoms with E-state index in [2.05, 4.69) is 42.9 Å². The largest absolute Gasteiger partial charge is 0.409 e. The third-order valence-electron chi connectivity index (χ3n) is 3.05. The van der Waals surface area contributed by atoms with Crippen LogP contribution in [0.25, 0.3) is 16.8 Å². The predicted molar refractivity (Wildman–Crippen MR) is 73.0 cm³/mol. The van der Waals surface area contributed by atoms with Crippen molar-refractivity contribution < 1.29 is 4.98 Å². The fourth-order valence-corrected chi connectivity index (χ4v) is 2.56. The predicted octanol–water partition coefficient (Wildman–Crippen LogP) is 1.06. The van der Waals surface area contributed by atoms with Gasteiger partial charge < -0.3 is 0 Å². The number of unbranched alkanes of at least 4 members (excludes halogenated alkanes) is 1. The van der Waals surface area contributed by atoms with E-state index in [4.69, 9.17) is 0 Å². The Balaban J connectivity index is 2.43. The number of hydrogen-bond donors (Lipinski definition) is 1. The molecule has 0 aliphatic heterocycles. The monoisotopic (exact) mass is 325 g/mol. The van der Waals surface area contributed by atoms with Crippen molar-refractivity contribution in [1.82, 2.24) is 24.1 Å². The summed E-state index contributed by atoms with van der Waals surface area (Å²) in [5, 5.41) is 4.16. The van der Waals surface area contributed by atoms with Crippen molar-refractivity contribution in [3.63, 3.8) is 0 Å². The number of fused-ring (bicyclic) bond motifs is 3. The van der Waals surface area contributed by atoms with Crippen LogP contribution in [0.5, 0.6) is 0 Å². The molecule has 0 aromatic carbocycles. The zero-order valence-electron chi connectivity index (χ0n) is 10.7. The molecule has 3 heterocycles. The third kappa shape index (κ3) is 1.86. The van der Waals surface area contributed by atoms with Crippen molar-refractivity contribution in [1.29, 1.82) is 0 Å². The molecule has 3 rings (SSSR count). The number of nitrogens with zero attached hydrogens (tertiary/aromatic N) is 4. The van der Waals surface area contributed by atoms with Crippen molar-refractivity contribution in [3.05, 3.63) is 21.0 Å². The first kappa shape index (κ1) is 12.3. The number of H-pyrrole nitrogens is 2. The topological polar surface area (TPSA) is 82.1 Å². The second-order valence-corrected chi connectivity index (χ2v) is 5.26. The molecule has 2 N–H and O–H groups in total. The number of halogens is 1. The van der Waals surface area contributed by atoms with Crippen LogP contribution in [0.1, 0.15) is 25.6 Å². The highest BCUT2D eigenvalue weighted by Gasteiger charge is 2.21. The quantitative estimate of drug-likeness (QED) is 0.731. The lowest BCUT2D eigenvalue weighted by atomic mass is 10.3. The van der Waals surface area contributed by atoms with Crippen molar-refractivity contribution in [2.75, 3.05) is 0 Å². The molecule has 0 aliphatic rings. The molecule has 8 heteroatoms. The van der Waals surface area contributed by atoms with E-state index in [1.807, 2.05) is 0 Å². The second kappa shape index (κ2) is 4.44. The molecule has 3 aromatic heterocycles. The molecule has 0 atom stereocenters. The van der Waals surface area contributed by atoms with E-state index < -0.39 is 0 Å². The Morgan fingerprint density at radius 3 is 3.00 bits per heavy atom. The molecule has 0 spiro atoms. The Labute approximate surface area is 116 Å². The molecule has 0 saturated heterocycles. The summed E-state index contributed by atoms with van der Waals surface area (Å²) in [4.78, 5) is 23.0. The van der Waals surface area contributed by atoms with Gasteiger partial charge in [0.15, 0.2) is 0 Å². The van der Waals surface area contributed by atoms with E-state index in [0.717, 1.165) is 24.0 Å². The van der Waals surface area contributed by atoms with E-state index >= 15 is 0 Å². The lowest BCUT2D eigenvalue weighted by Crippen LogP contribution is -2.30. The van der Waals surface area contributed by atoms with Gasteiger partial charge in [-0.05, 0) is 13.3 Å². The zero-order chi connectivity index (χ0) is 13.6. The molecule has 0 fully saturated rings. The normalized spacial score (nSPS) is 11.7. The molecule has 0 saturated carbocycles. The molecule has 0 radical (unpaired) electrons. The molecule has 0 aliphatic carbocycles. The summed E-state index contributed by atoms with van der Waals surface area (Å²) in [6.45, 7) is 4.52. The maximum absolute atomic E-state index is 12.4. The summed E-state index contributed by atoms with van der Waals surface area (Å²) in [5.74, 6) is 0.581. The van der Waals surface area contributed by atoms with Crippen LogP contribution in [0.4, 0.5) is 0 Å². The average molecular weight is 326 g/mol. The molecule has 19 heavy (non-hydrogen) atoms. The first-order valence-corrected chi connectivity index (χ1v) is 6.97. The highest BCUT2D eigenvalue weighted by molar-refractivity contribution is 9.10. The zero-order valence-corrected chi connectivity index (χ0v) is 12.3. The van der Waals surface area contributed by atoms with Gasteiger partial charge in [0.05, 0.1) is 6.54 Å². The Morgan fingerprint density at radius 2 is 2.26 bits per heavy atom.